The van der Waals surface area contributed by atoms with E-state index in [1.807, 2.05) is 0 Å². The first-order chi connectivity index (χ1) is 39.7. The van der Waals surface area contributed by atoms with Gasteiger partial charge in [-0.05, 0) is 158 Å². The molecular weight excluding hydrogens is 1080 g/mol. The Morgan fingerprint density at radius 2 is 0.395 bits per heavy atom. The number of aromatic nitrogens is 4. The third-order valence-corrected chi connectivity index (χ3v) is 16.6. The Labute approximate surface area is 480 Å². The van der Waals surface area contributed by atoms with Crippen LogP contribution in [0.15, 0.2) is 267 Å². The van der Waals surface area contributed by atoms with E-state index in [9.17, 15) is 0 Å². The minimum absolute atomic E-state index is 0. The molecule has 14 aromatic rings. The summed E-state index contributed by atoms with van der Waals surface area (Å²) >= 11 is 0. The van der Waals surface area contributed by atoms with Gasteiger partial charge in [-0.2, -0.15) is 0 Å². The summed E-state index contributed by atoms with van der Waals surface area (Å²) < 4.78 is 0. The van der Waals surface area contributed by atoms with Crippen molar-refractivity contribution in [3.63, 3.8) is 0 Å². The third kappa shape index (κ3) is 7.34. The first kappa shape index (κ1) is 47.0. The van der Waals surface area contributed by atoms with Crippen LogP contribution in [0.3, 0.4) is 0 Å². The van der Waals surface area contributed by atoms with Crippen molar-refractivity contribution in [2.75, 3.05) is 0 Å². The van der Waals surface area contributed by atoms with Gasteiger partial charge < -0.3 is 9.97 Å². The third-order valence-electron chi connectivity index (χ3n) is 16.6. The van der Waals surface area contributed by atoms with Gasteiger partial charge in [-0.1, -0.05) is 218 Å². The van der Waals surface area contributed by atoms with Gasteiger partial charge in [0.25, 0.3) is 0 Å². The first-order valence-electron chi connectivity index (χ1n) is 27.4. The smallest absolute Gasteiger partial charge is 0.656 e. The van der Waals surface area contributed by atoms with Crippen molar-refractivity contribution in [1.82, 2.24) is 19.9 Å². The minimum Gasteiger partial charge on any atom is -0.656 e. The molecule has 2 aromatic heterocycles. The molecule has 0 unspecified atom stereocenters. The van der Waals surface area contributed by atoms with Crippen LogP contribution in [0.2, 0.25) is 0 Å². The van der Waals surface area contributed by atoms with Crippen molar-refractivity contribution < 1.29 is 20.4 Å². The largest absolute Gasteiger partial charge is 2.00 e. The zero-order chi connectivity index (χ0) is 52.4. The van der Waals surface area contributed by atoms with E-state index in [4.69, 9.17) is 19.9 Å². The molecule has 378 valence electrons. The molecule has 8 bridgehead atoms. The monoisotopic (exact) mass is 1120 g/mol. The fourth-order valence-corrected chi connectivity index (χ4v) is 12.9. The predicted octanol–water partition coefficient (Wildman–Crippen LogP) is 19.8. The number of benzene rings is 12. The van der Waals surface area contributed by atoms with Crippen LogP contribution in [0.25, 0.3) is 176 Å². The zero-order valence-corrected chi connectivity index (χ0v) is 45.1. The summed E-state index contributed by atoms with van der Waals surface area (Å²) in [6, 6.07) is 96.7. The maximum absolute atomic E-state index is 6.12. The van der Waals surface area contributed by atoms with Crippen LogP contribution in [0.1, 0.15) is 0 Å². The second-order valence-electron chi connectivity index (χ2n) is 21.2. The minimum atomic E-state index is 0. The maximum atomic E-state index is 6.12. The number of nitrogens with zero attached hydrogens (tertiary/aromatic N) is 4. The van der Waals surface area contributed by atoms with E-state index in [0.29, 0.717) is 0 Å². The summed E-state index contributed by atoms with van der Waals surface area (Å²) in [6.45, 7) is 0. The molecule has 12 aromatic carbocycles. The van der Waals surface area contributed by atoms with Crippen LogP contribution < -0.4 is 9.97 Å². The zero-order valence-electron chi connectivity index (χ0n) is 43.5. The fraction of sp³-hybridized carbons (Fsp3) is 0. The molecule has 0 spiro atoms. The molecule has 4 heterocycles. The van der Waals surface area contributed by atoms with Gasteiger partial charge in [0, 0.05) is 22.3 Å². The topological polar surface area (TPSA) is 54.0 Å². The number of hydrogen-bond donors (Lipinski definition) is 0. The van der Waals surface area contributed by atoms with Crippen LogP contribution in [0, 0.1) is 0 Å². The van der Waals surface area contributed by atoms with E-state index >= 15 is 0 Å². The van der Waals surface area contributed by atoms with Crippen molar-refractivity contribution in [2.24, 2.45) is 0 Å². The molecule has 0 radical (unpaired) electrons. The maximum Gasteiger partial charge on any atom is 2.00 e. The second-order valence-corrected chi connectivity index (χ2v) is 21.2. The van der Waals surface area contributed by atoms with Crippen molar-refractivity contribution in [3.8, 4) is 89.5 Å². The predicted molar refractivity (Wildman–Crippen MR) is 335 cm³/mol. The van der Waals surface area contributed by atoms with Gasteiger partial charge >= 0.3 is 20.4 Å². The van der Waals surface area contributed by atoms with Gasteiger partial charge in [-0.25, -0.2) is 9.97 Å². The van der Waals surface area contributed by atoms with E-state index in [-0.39, 0.29) is 20.4 Å². The van der Waals surface area contributed by atoms with Crippen molar-refractivity contribution in [2.45, 2.75) is 0 Å². The molecule has 0 atom stereocenters. The van der Waals surface area contributed by atoms with E-state index in [1.165, 1.54) is 0 Å². The van der Waals surface area contributed by atoms with Crippen molar-refractivity contribution >= 4 is 86.7 Å². The second kappa shape index (κ2) is 18.6. The van der Waals surface area contributed by atoms with Crippen LogP contribution >= 0.6 is 0 Å². The molecule has 0 saturated carbocycles. The molecule has 0 amide bonds. The Kier molecular flexibility index (Phi) is 10.8. The molecule has 81 heavy (non-hydrogen) atoms. The average Bonchev–Trinajstić information content (AvgIpc) is 3.97. The van der Waals surface area contributed by atoms with Crippen LogP contribution in [-0.4, -0.2) is 9.97 Å². The average molecular weight is 1120 g/mol. The molecular formula is C76H44N4Pd. The Morgan fingerprint density at radius 1 is 0.210 bits per heavy atom. The Morgan fingerprint density at radius 3 is 0.605 bits per heavy atom. The van der Waals surface area contributed by atoms with Gasteiger partial charge in [0.1, 0.15) is 0 Å². The van der Waals surface area contributed by atoms with Crippen LogP contribution in [0.4, 0.5) is 0 Å². The molecule has 5 heteroatoms. The molecule has 4 nitrogen and oxygen atoms in total. The van der Waals surface area contributed by atoms with Gasteiger partial charge in [0.15, 0.2) is 0 Å². The van der Waals surface area contributed by atoms with E-state index < -0.39 is 0 Å². The molecule has 2 aliphatic heterocycles. The van der Waals surface area contributed by atoms with E-state index in [0.717, 1.165) is 176 Å². The summed E-state index contributed by atoms with van der Waals surface area (Å²) in [6.07, 6.45) is 0. The Balaban J connectivity index is 0.00000542. The van der Waals surface area contributed by atoms with Crippen molar-refractivity contribution in [1.29, 1.82) is 0 Å². The Bertz CT molecular complexity index is 4630. The molecule has 0 saturated heterocycles. The molecule has 0 N–H and O–H groups in total. The fourth-order valence-electron chi connectivity index (χ4n) is 12.9. The number of rotatable bonds is 4. The van der Waals surface area contributed by atoms with Gasteiger partial charge in [0.05, 0.1) is 22.8 Å². The van der Waals surface area contributed by atoms with E-state index in [2.05, 4.69) is 267 Å². The molecule has 0 fully saturated rings. The number of hydrogen-bond acceptors (Lipinski definition) is 2. The van der Waals surface area contributed by atoms with Gasteiger partial charge in [-0.15, -0.1) is 22.1 Å². The van der Waals surface area contributed by atoms with Crippen LogP contribution in [-0.2, 0) is 20.4 Å². The molecule has 17 rings (SSSR count). The Hall–Kier alpha value is -10.0. The summed E-state index contributed by atoms with van der Waals surface area (Å²) in [5, 5.41) is 13.2. The summed E-state index contributed by atoms with van der Waals surface area (Å²) in [5.41, 5.74) is 18.9. The SMILES string of the molecule is [Pd+2].c1ccc(-c2c3nc(c(-c4ccccc4)c4[n-]c(c(-c5ccccc5)c5nc(c(-c6ccccc6)c6[n-]c2c2cc7ccccc7cc62)-c2cc6ccccc6cc2-5)c2cc5ccccc5cc42)-c2cc4ccccc4cc2-3)cc1. The van der Waals surface area contributed by atoms with E-state index in [1.54, 1.807) is 0 Å². The standard InChI is InChI=1S/C76H44N4.Pd/c1-5-21-45(22-6-1)65-69-57-37-49-29-13-15-31-51(49)39-59(57)71(77-69)66(46-23-7-2-8-24-46)73-61-41-53-33-17-19-35-55(53)43-63(61)75(79-73)68(48-27-11-4-12-28-48)76-64-44-56-36-20-18-34-54(56)42-62(64)74(80-76)67(47-25-9-3-10-26-47)72-60-40-52-32-16-14-30-50(52)38-58(60)70(65)78-72;/h1-44H;/q-2;+2. The summed E-state index contributed by atoms with van der Waals surface area (Å²) in [5.74, 6) is 0. The molecule has 1 aliphatic carbocycles. The normalized spacial score (nSPS) is 11.9. The first-order valence-corrected chi connectivity index (χ1v) is 27.4. The number of fused-ring (bicyclic) bond motifs is 4. The summed E-state index contributed by atoms with van der Waals surface area (Å²) in [7, 11) is 0. The van der Waals surface area contributed by atoms with Gasteiger partial charge in [-0.3, -0.25) is 0 Å². The summed E-state index contributed by atoms with van der Waals surface area (Å²) in [4.78, 5) is 24.5. The van der Waals surface area contributed by atoms with Crippen LogP contribution in [0.5, 0.6) is 0 Å². The van der Waals surface area contributed by atoms with Gasteiger partial charge in [0.2, 0.25) is 0 Å². The quantitative estimate of drug-likeness (QED) is 0.165. The molecule has 3 aliphatic rings. The van der Waals surface area contributed by atoms with Crippen molar-refractivity contribution in [3.05, 3.63) is 267 Å².